The van der Waals surface area contributed by atoms with Gasteiger partial charge in [-0.05, 0) is 57.2 Å². The number of amides is 1. The Morgan fingerprint density at radius 2 is 1.86 bits per heavy atom. The van der Waals surface area contributed by atoms with Gasteiger partial charge in [-0.2, -0.15) is 5.26 Å². The fourth-order valence-corrected chi connectivity index (χ4v) is 3.38. The molecular weight excluding hydrogens is 357 g/mol. The van der Waals surface area contributed by atoms with Gasteiger partial charge in [0.25, 0.3) is 0 Å². The third kappa shape index (κ3) is 2.97. The summed E-state index contributed by atoms with van der Waals surface area (Å²) >= 11 is 0. The van der Waals surface area contributed by atoms with Crippen molar-refractivity contribution in [3.63, 3.8) is 0 Å². The van der Waals surface area contributed by atoms with Crippen LogP contribution in [-0.4, -0.2) is 23.8 Å². The van der Waals surface area contributed by atoms with E-state index in [9.17, 15) is 9.18 Å². The molecule has 0 bridgehead atoms. The fraction of sp³-hybridized carbons (Fsp3) is 0.286. The van der Waals surface area contributed by atoms with Gasteiger partial charge >= 0.3 is 0 Å². The van der Waals surface area contributed by atoms with Crippen LogP contribution in [0, 0.1) is 22.6 Å². The Bertz CT molecular complexity index is 1020. The number of aliphatic imine (C=N–C) groups is 1. The standard InChI is InChI=1S/C21H22FN5O/c1-20(2)18(28)27(4)19(24)26-21(20,3)16-11-15(8-9-17(16)22)25-14-7-5-6-13(10-14)12-23/h5-11,25H,1-4H3,(H2,24,26)/t21-/m0/s1. The SMILES string of the molecule is CN1C(=O)C(C)(C)[C@](C)(c2cc(Nc3cccc(C#N)c3)ccc2F)N=C1N. The van der Waals surface area contributed by atoms with Crippen LogP contribution in [0.2, 0.25) is 0 Å². The van der Waals surface area contributed by atoms with E-state index >= 15 is 0 Å². The number of halogens is 1. The predicted molar refractivity (Wildman–Crippen MR) is 106 cm³/mol. The van der Waals surface area contributed by atoms with Crippen LogP contribution in [0.3, 0.4) is 0 Å². The maximum atomic E-state index is 14.8. The molecule has 7 heteroatoms. The molecule has 1 aliphatic heterocycles. The summed E-state index contributed by atoms with van der Waals surface area (Å²) in [5.41, 5.74) is 5.83. The number of nitriles is 1. The second-order valence-electron chi connectivity index (χ2n) is 7.54. The number of benzene rings is 2. The monoisotopic (exact) mass is 379 g/mol. The molecule has 0 aromatic heterocycles. The zero-order chi connectivity index (χ0) is 20.7. The average molecular weight is 379 g/mol. The summed E-state index contributed by atoms with van der Waals surface area (Å²) in [6, 6.07) is 13.6. The third-order valence-electron chi connectivity index (χ3n) is 5.51. The van der Waals surface area contributed by atoms with Crippen LogP contribution in [0.15, 0.2) is 47.5 Å². The highest BCUT2D eigenvalue weighted by molar-refractivity contribution is 6.01. The molecule has 0 radical (unpaired) electrons. The topological polar surface area (TPSA) is 94.5 Å². The van der Waals surface area contributed by atoms with Gasteiger partial charge < -0.3 is 11.1 Å². The van der Waals surface area contributed by atoms with E-state index in [1.54, 1.807) is 58.2 Å². The highest BCUT2D eigenvalue weighted by atomic mass is 19.1. The van der Waals surface area contributed by atoms with Crippen LogP contribution in [-0.2, 0) is 10.3 Å². The molecule has 1 heterocycles. The first-order valence-electron chi connectivity index (χ1n) is 8.81. The third-order valence-corrected chi connectivity index (χ3v) is 5.51. The van der Waals surface area contributed by atoms with Gasteiger partial charge in [-0.15, -0.1) is 0 Å². The molecule has 2 aromatic rings. The Hall–Kier alpha value is -3.40. The molecule has 0 spiro atoms. The summed E-state index contributed by atoms with van der Waals surface area (Å²) in [5, 5.41) is 12.2. The van der Waals surface area contributed by atoms with Crippen molar-refractivity contribution in [1.82, 2.24) is 4.90 Å². The zero-order valence-corrected chi connectivity index (χ0v) is 16.2. The highest BCUT2D eigenvalue weighted by Gasteiger charge is 2.53. The van der Waals surface area contributed by atoms with Gasteiger partial charge in [0.15, 0.2) is 5.96 Å². The lowest BCUT2D eigenvalue weighted by molar-refractivity contribution is -0.140. The maximum Gasteiger partial charge on any atom is 0.237 e. The molecule has 28 heavy (non-hydrogen) atoms. The lowest BCUT2D eigenvalue weighted by Crippen LogP contribution is -2.58. The van der Waals surface area contributed by atoms with Crippen molar-refractivity contribution >= 4 is 23.2 Å². The van der Waals surface area contributed by atoms with Crippen molar-refractivity contribution in [2.24, 2.45) is 16.1 Å². The number of carbonyl (C=O) groups excluding carboxylic acids is 1. The van der Waals surface area contributed by atoms with E-state index in [4.69, 9.17) is 11.0 Å². The molecule has 1 atom stereocenters. The Kier molecular flexibility index (Phi) is 4.59. The Morgan fingerprint density at radius 1 is 1.18 bits per heavy atom. The predicted octanol–water partition coefficient (Wildman–Crippen LogP) is 3.47. The summed E-state index contributed by atoms with van der Waals surface area (Å²) in [7, 11) is 1.55. The Labute approximate surface area is 163 Å². The number of hydrogen-bond donors (Lipinski definition) is 2. The minimum Gasteiger partial charge on any atom is -0.369 e. The van der Waals surface area contributed by atoms with E-state index in [-0.39, 0.29) is 17.4 Å². The van der Waals surface area contributed by atoms with Crippen LogP contribution in [0.5, 0.6) is 0 Å². The second-order valence-corrected chi connectivity index (χ2v) is 7.54. The van der Waals surface area contributed by atoms with Crippen molar-refractivity contribution in [1.29, 1.82) is 5.26 Å². The molecule has 0 fully saturated rings. The van der Waals surface area contributed by atoms with Gasteiger partial charge in [-0.3, -0.25) is 9.69 Å². The second kappa shape index (κ2) is 6.64. The summed E-state index contributed by atoms with van der Waals surface area (Å²) in [6.45, 7) is 5.18. The minimum absolute atomic E-state index is 0.0475. The van der Waals surface area contributed by atoms with Crippen LogP contribution >= 0.6 is 0 Å². The number of nitrogens with zero attached hydrogens (tertiary/aromatic N) is 3. The zero-order valence-electron chi connectivity index (χ0n) is 16.2. The van der Waals surface area contributed by atoms with Crippen molar-refractivity contribution in [3.8, 4) is 6.07 Å². The Morgan fingerprint density at radius 3 is 2.54 bits per heavy atom. The smallest absolute Gasteiger partial charge is 0.237 e. The largest absolute Gasteiger partial charge is 0.369 e. The van der Waals surface area contributed by atoms with Gasteiger partial charge in [0, 0.05) is 24.0 Å². The normalized spacial score (nSPS) is 21.1. The van der Waals surface area contributed by atoms with Gasteiger partial charge in [0.05, 0.1) is 17.0 Å². The maximum absolute atomic E-state index is 14.8. The molecule has 3 rings (SSSR count). The van der Waals surface area contributed by atoms with E-state index < -0.39 is 16.8 Å². The van der Waals surface area contributed by atoms with Crippen LogP contribution < -0.4 is 11.1 Å². The first-order valence-corrected chi connectivity index (χ1v) is 8.81. The van der Waals surface area contributed by atoms with Crippen molar-refractivity contribution in [2.45, 2.75) is 26.3 Å². The number of guanidine groups is 1. The highest BCUT2D eigenvalue weighted by Crippen LogP contribution is 2.47. The summed E-state index contributed by atoms with van der Waals surface area (Å²) in [6.07, 6.45) is 0. The molecule has 3 N–H and O–H groups in total. The summed E-state index contributed by atoms with van der Waals surface area (Å²) < 4.78 is 14.8. The first kappa shape index (κ1) is 19.4. The molecule has 6 nitrogen and oxygen atoms in total. The van der Waals surface area contributed by atoms with E-state index in [2.05, 4.69) is 16.4 Å². The number of carbonyl (C=O) groups is 1. The molecule has 0 unspecified atom stereocenters. The van der Waals surface area contributed by atoms with E-state index in [1.807, 2.05) is 6.07 Å². The molecule has 2 aromatic carbocycles. The van der Waals surface area contributed by atoms with Crippen molar-refractivity contribution in [2.75, 3.05) is 12.4 Å². The molecule has 144 valence electrons. The number of anilines is 2. The molecule has 1 aliphatic rings. The molecule has 0 saturated carbocycles. The van der Waals surface area contributed by atoms with E-state index in [1.165, 1.54) is 11.0 Å². The quantitative estimate of drug-likeness (QED) is 0.854. The number of rotatable bonds is 3. The fourth-order valence-electron chi connectivity index (χ4n) is 3.38. The Balaban J connectivity index is 2.08. The van der Waals surface area contributed by atoms with E-state index in [0.29, 0.717) is 16.9 Å². The van der Waals surface area contributed by atoms with Crippen LogP contribution in [0.25, 0.3) is 0 Å². The average Bonchev–Trinajstić information content (AvgIpc) is 2.67. The van der Waals surface area contributed by atoms with Crippen molar-refractivity contribution < 1.29 is 9.18 Å². The van der Waals surface area contributed by atoms with Gasteiger partial charge in [0.2, 0.25) is 5.91 Å². The van der Waals surface area contributed by atoms with Crippen molar-refractivity contribution in [3.05, 3.63) is 59.4 Å². The van der Waals surface area contributed by atoms with Crippen LogP contribution in [0.1, 0.15) is 31.9 Å². The number of nitrogens with two attached hydrogens (primary N) is 1. The lowest BCUT2D eigenvalue weighted by atomic mass is 9.67. The summed E-state index contributed by atoms with van der Waals surface area (Å²) in [5.74, 6) is -0.658. The van der Waals surface area contributed by atoms with E-state index in [0.717, 1.165) is 0 Å². The summed E-state index contributed by atoms with van der Waals surface area (Å²) in [4.78, 5) is 18.6. The lowest BCUT2D eigenvalue weighted by Gasteiger charge is -2.46. The molecular formula is C21H22FN5O. The first-order chi connectivity index (χ1) is 13.1. The minimum atomic E-state index is -1.18. The number of hydrogen-bond acceptors (Lipinski definition) is 5. The molecule has 1 amide bonds. The van der Waals surface area contributed by atoms with Gasteiger partial charge in [-0.25, -0.2) is 9.38 Å². The van der Waals surface area contributed by atoms with Crippen LogP contribution in [0.4, 0.5) is 15.8 Å². The molecule has 0 aliphatic carbocycles. The molecule has 0 saturated heterocycles. The van der Waals surface area contributed by atoms with Gasteiger partial charge in [0.1, 0.15) is 11.4 Å². The van der Waals surface area contributed by atoms with Gasteiger partial charge in [-0.1, -0.05) is 6.07 Å². The number of nitrogens with one attached hydrogen (secondary N) is 1.